The third-order valence-corrected chi connectivity index (χ3v) is 2.75. The van der Waals surface area contributed by atoms with E-state index in [-0.39, 0.29) is 5.92 Å². The Morgan fingerprint density at radius 2 is 2.00 bits per heavy atom. The molecule has 0 N–H and O–H groups in total. The number of hydrogen-bond acceptors (Lipinski definition) is 1. The highest BCUT2D eigenvalue weighted by Gasteiger charge is 2.38. The van der Waals surface area contributed by atoms with E-state index in [0.29, 0.717) is 19.4 Å². The Bertz CT molecular complexity index is 194. The highest BCUT2D eigenvalue weighted by Crippen LogP contribution is 2.31. The number of alkyl halides is 2. The molecule has 1 aliphatic carbocycles. The molecule has 1 fully saturated rings. The maximum atomic E-state index is 13.4. The van der Waals surface area contributed by atoms with Gasteiger partial charge < -0.3 is 4.74 Å². The van der Waals surface area contributed by atoms with Crippen molar-refractivity contribution in [3.8, 4) is 0 Å². The highest BCUT2D eigenvalue weighted by molar-refractivity contribution is 4.88. The monoisotopic (exact) mass is 204 g/mol. The smallest absolute Gasteiger partial charge is 0.157 e. The summed E-state index contributed by atoms with van der Waals surface area (Å²) >= 11 is 0. The Morgan fingerprint density at radius 3 is 2.64 bits per heavy atom. The van der Waals surface area contributed by atoms with Crippen molar-refractivity contribution in [2.45, 2.75) is 45.1 Å². The van der Waals surface area contributed by atoms with Crippen LogP contribution >= 0.6 is 0 Å². The minimum absolute atomic E-state index is 0.174. The fourth-order valence-corrected chi connectivity index (χ4v) is 1.72. The van der Waals surface area contributed by atoms with Gasteiger partial charge in [0.1, 0.15) is 6.17 Å². The van der Waals surface area contributed by atoms with Gasteiger partial charge in [-0.2, -0.15) is 0 Å². The van der Waals surface area contributed by atoms with Crippen LogP contribution in [0.4, 0.5) is 8.78 Å². The number of halogens is 2. The predicted molar refractivity (Wildman–Crippen MR) is 52.7 cm³/mol. The van der Waals surface area contributed by atoms with Gasteiger partial charge in [-0.15, -0.1) is 0 Å². The Hall–Kier alpha value is -0.440. The van der Waals surface area contributed by atoms with Crippen molar-refractivity contribution in [1.29, 1.82) is 0 Å². The summed E-state index contributed by atoms with van der Waals surface area (Å²) in [5.74, 6) is -0.174. The summed E-state index contributed by atoms with van der Waals surface area (Å²) in [6.07, 6.45) is 1.60. The first kappa shape index (κ1) is 11.6. The lowest BCUT2D eigenvalue weighted by atomic mass is 9.85. The second kappa shape index (κ2) is 5.44. The highest BCUT2D eigenvalue weighted by atomic mass is 19.2. The zero-order valence-electron chi connectivity index (χ0n) is 8.75. The van der Waals surface area contributed by atoms with Crippen molar-refractivity contribution in [1.82, 2.24) is 0 Å². The van der Waals surface area contributed by atoms with Crippen molar-refractivity contribution in [3.05, 3.63) is 12.2 Å². The van der Waals surface area contributed by atoms with Crippen LogP contribution in [0.15, 0.2) is 12.2 Å². The zero-order valence-corrected chi connectivity index (χ0v) is 8.75. The lowest BCUT2D eigenvalue weighted by molar-refractivity contribution is -0.0631. The third-order valence-electron chi connectivity index (χ3n) is 2.75. The molecule has 3 heteroatoms. The molecule has 0 saturated heterocycles. The maximum Gasteiger partial charge on any atom is 0.157 e. The summed E-state index contributed by atoms with van der Waals surface area (Å²) in [7, 11) is 0. The molecule has 0 spiro atoms. The van der Waals surface area contributed by atoms with Crippen LogP contribution in [0.5, 0.6) is 0 Å². The van der Waals surface area contributed by atoms with Crippen LogP contribution in [-0.2, 0) is 4.74 Å². The molecule has 0 aromatic rings. The Morgan fingerprint density at radius 1 is 1.29 bits per heavy atom. The van der Waals surface area contributed by atoms with Crippen LogP contribution in [0.25, 0.3) is 0 Å². The van der Waals surface area contributed by atoms with Gasteiger partial charge in [-0.3, -0.25) is 0 Å². The van der Waals surface area contributed by atoms with Crippen molar-refractivity contribution >= 4 is 0 Å². The Balaban J connectivity index is 2.38. The largest absolute Gasteiger partial charge is 0.371 e. The SMILES string of the molecule is C/C=C\COC1CCC(C)C(F)C1F. The van der Waals surface area contributed by atoms with E-state index < -0.39 is 18.4 Å². The molecule has 14 heavy (non-hydrogen) atoms. The van der Waals surface area contributed by atoms with E-state index in [4.69, 9.17) is 4.74 Å². The number of allylic oxidation sites excluding steroid dienone is 1. The first-order valence-corrected chi connectivity index (χ1v) is 5.17. The lowest BCUT2D eigenvalue weighted by Gasteiger charge is -2.32. The average Bonchev–Trinajstić information content (AvgIpc) is 2.18. The summed E-state index contributed by atoms with van der Waals surface area (Å²) in [5.41, 5.74) is 0. The van der Waals surface area contributed by atoms with Gasteiger partial charge in [0.2, 0.25) is 0 Å². The van der Waals surface area contributed by atoms with E-state index in [2.05, 4.69) is 0 Å². The van der Waals surface area contributed by atoms with Crippen molar-refractivity contribution < 1.29 is 13.5 Å². The third kappa shape index (κ3) is 2.77. The van der Waals surface area contributed by atoms with Gasteiger partial charge in [0.25, 0.3) is 0 Å². The quantitative estimate of drug-likeness (QED) is 0.642. The molecule has 4 atom stereocenters. The van der Waals surface area contributed by atoms with E-state index in [1.807, 2.05) is 13.0 Å². The standard InChI is InChI=1S/C11H18F2O/c1-3-4-7-14-9-6-5-8(2)10(12)11(9)13/h3-4,8-11H,5-7H2,1-2H3/b4-3-. The molecule has 1 aliphatic rings. The van der Waals surface area contributed by atoms with Gasteiger partial charge in [-0.05, 0) is 25.7 Å². The van der Waals surface area contributed by atoms with Gasteiger partial charge >= 0.3 is 0 Å². The fourth-order valence-electron chi connectivity index (χ4n) is 1.72. The van der Waals surface area contributed by atoms with Crippen LogP contribution in [0.3, 0.4) is 0 Å². The molecule has 1 saturated carbocycles. The number of ether oxygens (including phenoxy) is 1. The van der Waals surface area contributed by atoms with Gasteiger partial charge in [0.15, 0.2) is 6.17 Å². The molecular formula is C11H18F2O. The van der Waals surface area contributed by atoms with Crippen LogP contribution in [0, 0.1) is 5.92 Å². The Kier molecular flexibility index (Phi) is 4.52. The minimum atomic E-state index is -1.45. The molecule has 0 heterocycles. The molecule has 1 nitrogen and oxygen atoms in total. The molecule has 1 rings (SSSR count). The summed E-state index contributed by atoms with van der Waals surface area (Å²) in [5, 5.41) is 0. The molecule has 0 radical (unpaired) electrons. The van der Waals surface area contributed by atoms with Gasteiger partial charge in [-0.1, -0.05) is 19.1 Å². The topological polar surface area (TPSA) is 9.23 Å². The number of rotatable bonds is 3. The Labute approximate surface area is 84.1 Å². The van der Waals surface area contributed by atoms with Crippen LogP contribution in [0.2, 0.25) is 0 Å². The molecule has 0 bridgehead atoms. The average molecular weight is 204 g/mol. The normalized spacial score (nSPS) is 39.1. The van der Waals surface area contributed by atoms with Gasteiger partial charge in [0.05, 0.1) is 12.7 Å². The van der Waals surface area contributed by atoms with Crippen LogP contribution in [0.1, 0.15) is 26.7 Å². The number of hydrogen-bond donors (Lipinski definition) is 0. The van der Waals surface area contributed by atoms with Crippen LogP contribution in [-0.4, -0.2) is 25.1 Å². The van der Waals surface area contributed by atoms with E-state index in [1.54, 1.807) is 13.0 Å². The second-order valence-corrected chi connectivity index (χ2v) is 3.88. The lowest BCUT2D eigenvalue weighted by Crippen LogP contribution is -2.41. The second-order valence-electron chi connectivity index (χ2n) is 3.88. The van der Waals surface area contributed by atoms with E-state index in [9.17, 15) is 8.78 Å². The molecule has 0 aromatic carbocycles. The molecule has 4 unspecified atom stereocenters. The van der Waals surface area contributed by atoms with Gasteiger partial charge in [0, 0.05) is 0 Å². The first-order chi connectivity index (χ1) is 6.66. The summed E-state index contributed by atoms with van der Waals surface area (Å²) < 4.78 is 31.9. The first-order valence-electron chi connectivity index (χ1n) is 5.17. The maximum absolute atomic E-state index is 13.4. The molecular weight excluding hydrogens is 186 g/mol. The molecule has 0 aliphatic heterocycles. The van der Waals surface area contributed by atoms with Crippen molar-refractivity contribution in [2.75, 3.05) is 6.61 Å². The molecule has 82 valence electrons. The molecule has 0 aromatic heterocycles. The van der Waals surface area contributed by atoms with Gasteiger partial charge in [-0.25, -0.2) is 8.78 Å². The van der Waals surface area contributed by atoms with E-state index >= 15 is 0 Å². The summed E-state index contributed by atoms with van der Waals surface area (Å²) in [4.78, 5) is 0. The minimum Gasteiger partial charge on any atom is -0.371 e. The summed E-state index contributed by atoms with van der Waals surface area (Å²) in [6, 6.07) is 0. The van der Waals surface area contributed by atoms with E-state index in [1.165, 1.54) is 0 Å². The summed E-state index contributed by atoms with van der Waals surface area (Å²) in [6.45, 7) is 4.00. The zero-order chi connectivity index (χ0) is 10.6. The fraction of sp³-hybridized carbons (Fsp3) is 0.818. The van der Waals surface area contributed by atoms with Crippen molar-refractivity contribution in [3.63, 3.8) is 0 Å². The van der Waals surface area contributed by atoms with Crippen LogP contribution < -0.4 is 0 Å². The van der Waals surface area contributed by atoms with E-state index in [0.717, 1.165) is 0 Å². The predicted octanol–water partition coefficient (Wildman–Crippen LogP) is 3.05. The molecule has 0 amide bonds. The van der Waals surface area contributed by atoms with Crippen molar-refractivity contribution in [2.24, 2.45) is 5.92 Å².